The Morgan fingerprint density at radius 1 is 1.38 bits per heavy atom. The van der Waals surface area contributed by atoms with E-state index in [4.69, 9.17) is 4.74 Å². The highest BCUT2D eigenvalue weighted by molar-refractivity contribution is 5.75. The standard InChI is InChI=1S/C18H16F3N5O3/c1-29-16(27)12-5-2-6-13-24-25(17(28)26(12)13)9-11-8-10-4-3-7-22-15(10)23-14(11)18(19,20)21/h3-4,7-8,12H,2,5-6,9H2,1H3/t12-/m0/s1. The van der Waals surface area contributed by atoms with E-state index in [9.17, 15) is 22.8 Å². The maximum absolute atomic E-state index is 13.6. The minimum atomic E-state index is -4.72. The number of aryl methyl sites for hydroxylation is 1. The summed E-state index contributed by atoms with van der Waals surface area (Å²) in [5.74, 6) is -0.234. The summed E-state index contributed by atoms with van der Waals surface area (Å²) in [5.41, 5.74) is -2.02. The molecule has 0 spiro atoms. The third-order valence-corrected chi connectivity index (χ3v) is 4.86. The first-order chi connectivity index (χ1) is 13.8. The molecule has 0 saturated carbocycles. The van der Waals surface area contributed by atoms with Gasteiger partial charge in [-0.25, -0.2) is 24.2 Å². The van der Waals surface area contributed by atoms with Crippen molar-refractivity contribution in [3.63, 3.8) is 0 Å². The number of esters is 1. The zero-order valence-electron chi connectivity index (χ0n) is 15.3. The lowest BCUT2D eigenvalue weighted by Gasteiger charge is -2.20. The second-order valence-corrected chi connectivity index (χ2v) is 6.70. The van der Waals surface area contributed by atoms with Crippen molar-refractivity contribution in [2.75, 3.05) is 7.11 Å². The number of hydrogen-bond donors (Lipinski definition) is 0. The molecule has 1 aliphatic rings. The number of aromatic nitrogens is 5. The summed E-state index contributed by atoms with van der Waals surface area (Å²) in [6.07, 6.45) is -1.90. The van der Waals surface area contributed by atoms with Gasteiger partial charge in [-0.2, -0.15) is 18.3 Å². The molecule has 0 unspecified atom stereocenters. The lowest BCUT2D eigenvalue weighted by atomic mass is 10.1. The topological polar surface area (TPSA) is 91.9 Å². The number of nitrogens with zero attached hydrogens (tertiary/aromatic N) is 5. The van der Waals surface area contributed by atoms with E-state index in [1.165, 1.54) is 23.9 Å². The number of hydrogen-bond acceptors (Lipinski definition) is 6. The van der Waals surface area contributed by atoms with Crippen molar-refractivity contribution in [2.24, 2.45) is 0 Å². The predicted octanol–water partition coefficient (Wildman–Crippen LogP) is 2.11. The van der Waals surface area contributed by atoms with Crippen LogP contribution in [-0.2, 0) is 28.7 Å². The van der Waals surface area contributed by atoms with Gasteiger partial charge in [-0.05, 0) is 31.0 Å². The maximum atomic E-state index is 13.6. The fraction of sp³-hybridized carbons (Fsp3) is 0.389. The highest BCUT2D eigenvalue weighted by atomic mass is 19.4. The van der Waals surface area contributed by atoms with E-state index in [1.807, 2.05) is 0 Å². The predicted molar refractivity (Wildman–Crippen MR) is 94.1 cm³/mol. The van der Waals surface area contributed by atoms with Gasteiger partial charge in [-0.15, -0.1) is 0 Å². The van der Waals surface area contributed by atoms with E-state index in [1.54, 1.807) is 12.1 Å². The monoisotopic (exact) mass is 407 g/mol. The molecule has 4 rings (SSSR count). The molecule has 0 aliphatic carbocycles. The molecule has 0 bridgehead atoms. The Labute approximate surface area is 161 Å². The van der Waals surface area contributed by atoms with Crippen LogP contribution in [0.4, 0.5) is 13.2 Å². The van der Waals surface area contributed by atoms with Crippen molar-refractivity contribution in [3.05, 3.63) is 52.0 Å². The molecule has 1 aliphatic heterocycles. The molecule has 4 heterocycles. The first kappa shape index (κ1) is 19.1. The van der Waals surface area contributed by atoms with Gasteiger partial charge in [-0.1, -0.05) is 0 Å². The van der Waals surface area contributed by atoms with Crippen LogP contribution in [-0.4, -0.2) is 37.4 Å². The highest BCUT2D eigenvalue weighted by Gasteiger charge is 2.37. The Kier molecular flexibility index (Phi) is 4.59. The summed E-state index contributed by atoms with van der Waals surface area (Å²) in [6.45, 7) is -0.431. The number of rotatable bonds is 3. The van der Waals surface area contributed by atoms with Crippen molar-refractivity contribution in [3.8, 4) is 0 Å². The van der Waals surface area contributed by atoms with Crippen molar-refractivity contribution in [2.45, 2.75) is 38.0 Å². The number of pyridine rings is 2. The highest BCUT2D eigenvalue weighted by Crippen LogP contribution is 2.32. The van der Waals surface area contributed by atoms with Crippen LogP contribution in [0.3, 0.4) is 0 Å². The fourth-order valence-electron chi connectivity index (χ4n) is 3.57. The summed E-state index contributed by atoms with van der Waals surface area (Å²) in [4.78, 5) is 32.3. The van der Waals surface area contributed by atoms with Crippen LogP contribution in [0.1, 0.15) is 36.0 Å². The third kappa shape index (κ3) is 3.36. The second kappa shape index (κ2) is 6.98. The normalized spacial score (nSPS) is 16.6. The Hall–Kier alpha value is -3.24. The molecule has 3 aromatic rings. The number of methoxy groups -OCH3 is 1. The molecule has 0 amide bonds. The van der Waals surface area contributed by atoms with Crippen LogP contribution in [0, 0.1) is 0 Å². The molecule has 11 heteroatoms. The van der Waals surface area contributed by atoms with Gasteiger partial charge >= 0.3 is 17.8 Å². The fourth-order valence-corrected chi connectivity index (χ4v) is 3.57. The molecule has 3 aromatic heterocycles. The van der Waals surface area contributed by atoms with Gasteiger partial charge in [0.2, 0.25) is 0 Å². The Bertz CT molecular complexity index is 1150. The number of ether oxygens (including phenoxy) is 1. The zero-order valence-corrected chi connectivity index (χ0v) is 15.3. The van der Waals surface area contributed by atoms with Gasteiger partial charge in [0.25, 0.3) is 0 Å². The van der Waals surface area contributed by atoms with E-state index < -0.39 is 36.1 Å². The minimum absolute atomic E-state index is 0.0363. The molecule has 152 valence electrons. The number of fused-ring (bicyclic) bond motifs is 2. The first-order valence-corrected chi connectivity index (χ1v) is 8.87. The van der Waals surface area contributed by atoms with Gasteiger partial charge in [-0.3, -0.25) is 4.57 Å². The zero-order chi connectivity index (χ0) is 20.8. The van der Waals surface area contributed by atoms with Crippen molar-refractivity contribution < 1.29 is 22.7 Å². The molecule has 0 radical (unpaired) electrons. The number of carbonyl (C=O) groups excluding carboxylic acids is 1. The second-order valence-electron chi connectivity index (χ2n) is 6.70. The molecule has 29 heavy (non-hydrogen) atoms. The molecular weight excluding hydrogens is 391 g/mol. The summed E-state index contributed by atoms with van der Waals surface area (Å²) >= 11 is 0. The molecule has 0 aromatic carbocycles. The largest absolute Gasteiger partial charge is 0.467 e. The van der Waals surface area contributed by atoms with Gasteiger partial charge in [0.05, 0.1) is 13.7 Å². The Morgan fingerprint density at radius 3 is 2.90 bits per heavy atom. The van der Waals surface area contributed by atoms with Gasteiger partial charge in [0.1, 0.15) is 11.9 Å². The Balaban J connectivity index is 1.81. The average Bonchev–Trinajstić information content (AvgIpc) is 3.01. The third-order valence-electron chi connectivity index (χ3n) is 4.86. The SMILES string of the molecule is COC(=O)[C@@H]1CCCc2nn(Cc3cc4cccnc4nc3C(F)(F)F)c(=O)n21. The Morgan fingerprint density at radius 2 is 2.17 bits per heavy atom. The minimum Gasteiger partial charge on any atom is -0.467 e. The molecule has 0 N–H and O–H groups in total. The maximum Gasteiger partial charge on any atom is 0.433 e. The first-order valence-electron chi connectivity index (χ1n) is 8.87. The van der Waals surface area contributed by atoms with Crippen molar-refractivity contribution in [1.82, 2.24) is 24.3 Å². The smallest absolute Gasteiger partial charge is 0.433 e. The van der Waals surface area contributed by atoms with E-state index in [2.05, 4.69) is 15.1 Å². The van der Waals surface area contributed by atoms with Gasteiger partial charge in [0, 0.05) is 23.6 Å². The lowest BCUT2D eigenvalue weighted by Crippen LogP contribution is -2.35. The van der Waals surface area contributed by atoms with Crippen LogP contribution < -0.4 is 5.69 Å². The van der Waals surface area contributed by atoms with Gasteiger partial charge in [0.15, 0.2) is 11.3 Å². The van der Waals surface area contributed by atoms with E-state index in [0.717, 1.165) is 4.68 Å². The average molecular weight is 407 g/mol. The number of carbonyl (C=O) groups is 1. The molecule has 0 fully saturated rings. The van der Waals surface area contributed by atoms with E-state index in [0.29, 0.717) is 30.5 Å². The summed E-state index contributed by atoms with van der Waals surface area (Å²) < 4.78 is 47.5. The lowest BCUT2D eigenvalue weighted by molar-refractivity contribution is -0.145. The number of halogens is 3. The molecule has 8 nitrogen and oxygen atoms in total. The van der Waals surface area contributed by atoms with Crippen LogP contribution in [0.15, 0.2) is 29.2 Å². The van der Waals surface area contributed by atoms with E-state index >= 15 is 0 Å². The van der Waals surface area contributed by atoms with Crippen LogP contribution in [0.25, 0.3) is 11.0 Å². The van der Waals surface area contributed by atoms with Crippen molar-refractivity contribution >= 4 is 17.0 Å². The van der Waals surface area contributed by atoms with Crippen LogP contribution in [0.5, 0.6) is 0 Å². The summed E-state index contributed by atoms with van der Waals surface area (Å²) in [6, 6.07) is 3.66. The molecule has 0 saturated heterocycles. The molecule has 1 atom stereocenters. The number of alkyl halides is 3. The molecular formula is C18H16F3N5O3. The van der Waals surface area contributed by atoms with Crippen LogP contribution in [0.2, 0.25) is 0 Å². The summed E-state index contributed by atoms with van der Waals surface area (Å²) in [7, 11) is 1.22. The summed E-state index contributed by atoms with van der Waals surface area (Å²) in [5, 5.41) is 4.58. The van der Waals surface area contributed by atoms with Gasteiger partial charge < -0.3 is 4.74 Å². The quantitative estimate of drug-likeness (QED) is 0.618. The van der Waals surface area contributed by atoms with E-state index in [-0.39, 0.29) is 11.2 Å². The van der Waals surface area contributed by atoms with Crippen LogP contribution >= 0.6 is 0 Å². The van der Waals surface area contributed by atoms with Crippen molar-refractivity contribution in [1.29, 1.82) is 0 Å².